The van der Waals surface area contributed by atoms with Gasteiger partial charge in [0.1, 0.15) is 0 Å². The minimum absolute atomic E-state index is 0.135. The highest BCUT2D eigenvalue weighted by Gasteiger charge is 2.22. The first-order valence-corrected chi connectivity index (χ1v) is 12.8. The molecule has 2 aromatic carbocycles. The van der Waals surface area contributed by atoms with E-state index in [0.717, 1.165) is 22.5 Å². The van der Waals surface area contributed by atoms with Gasteiger partial charge in [0.2, 0.25) is 11.8 Å². The number of nitrogens with one attached hydrogen (secondary N) is 2. The van der Waals surface area contributed by atoms with Gasteiger partial charge in [0, 0.05) is 43.0 Å². The predicted molar refractivity (Wildman–Crippen MR) is 148 cm³/mol. The van der Waals surface area contributed by atoms with Crippen LogP contribution in [0.4, 0.5) is 0 Å². The van der Waals surface area contributed by atoms with Crippen molar-refractivity contribution in [3.63, 3.8) is 0 Å². The van der Waals surface area contributed by atoms with Gasteiger partial charge in [0.05, 0.1) is 18.1 Å². The minimum Gasteiger partial charge on any atom is -0.349 e. The molecule has 0 saturated carbocycles. The van der Waals surface area contributed by atoms with Crippen LogP contribution in [0.5, 0.6) is 0 Å². The van der Waals surface area contributed by atoms with Gasteiger partial charge in [-0.05, 0) is 41.8 Å². The number of rotatable bonds is 12. The Labute approximate surface area is 223 Å². The van der Waals surface area contributed by atoms with E-state index in [9.17, 15) is 9.59 Å². The molecule has 0 aliphatic carbocycles. The number of benzene rings is 2. The largest absolute Gasteiger partial charge is 0.349 e. The first-order chi connectivity index (χ1) is 18.6. The average Bonchev–Trinajstić information content (AvgIpc) is 2.97. The van der Waals surface area contributed by atoms with Gasteiger partial charge >= 0.3 is 0 Å². The summed E-state index contributed by atoms with van der Waals surface area (Å²) in [5, 5.41) is 6.16. The lowest BCUT2D eigenvalue weighted by molar-refractivity contribution is -0.124. The zero-order chi connectivity index (χ0) is 26.6. The van der Waals surface area contributed by atoms with Gasteiger partial charge in [0.15, 0.2) is 0 Å². The maximum Gasteiger partial charge on any atom is 0.237 e. The van der Waals surface area contributed by atoms with Crippen molar-refractivity contribution in [2.75, 3.05) is 0 Å². The molecule has 0 bridgehead atoms. The first kappa shape index (κ1) is 26.7. The number of aromatic nitrogens is 2. The molecule has 194 valence electrons. The summed E-state index contributed by atoms with van der Waals surface area (Å²) in [6.07, 6.45) is 4.95. The van der Waals surface area contributed by atoms with Gasteiger partial charge in [-0.3, -0.25) is 19.6 Å². The molecule has 4 aromatic rings. The first-order valence-electron chi connectivity index (χ1n) is 12.8. The highest BCUT2D eigenvalue weighted by atomic mass is 16.2. The number of pyridine rings is 2. The van der Waals surface area contributed by atoms with Gasteiger partial charge in [-0.2, -0.15) is 0 Å². The zero-order valence-corrected chi connectivity index (χ0v) is 21.2. The van der Waals surface area contributed by atoms with Crippen LogP contribution in [0.1, 0.15) is 47.4 Å². The van der Waals surface area contributed by atoms with Crippen molar-refractivity contribution in [3.8, 4) is 0 Å². The SMILES string of the molecule is N[C@@H](CCC(=O)NC(Cc1ccccn1)c1ccccc1)C(=O)NC(Cc1ccccn1)c1ccccc1. The molecule has 0 radical (unpaired) electrons. The van der Waals surface area contributed by atoms with E-state index in [4.69, 9.17) is 5.73 Å². The predicted octanol–water partition coefficient (Wildman–Crippen LogP) is 4.08. The molecule has 3 atom stereocenters. The van der Waals surface area contributed by atoms with E-state index in [1.165, 1.54) is 0 Å². The molecule has 2 unspecified atom stereocenters. The van der Waals surface area contributed by atoms with Crippen molar-refractivity contribution < 1.29 is 9.59 Å². The topological polar surface area (TPSA) is 110 Å². The summed E-state index contributed by atoms with van der Waals surface area (Å²) in [5.74, 6) is -0.457. The number of nitrogens with two attached hydrogens (primary N) is 1. The molecule has 7 heteroatoms. The van der Waals surface area contributed by atoms with Crippen LogP contribution in [-0.4, -0.2) is 27.8 Å². The third kappa shape index (κ3) is 8.08. The van der Waals surface area contributed by atoms with E-state index in [0.29, 0.717) is 12.8 Å². The lowest BCUT2D eigenvalue weighted by atomic mass is 10.00. The molecule has 4 rings (SSSR count). The summed E-state index contributed by atoms with van der Waals surface area (Å²) in [4.78, 5) is 34.7. The number of carbonyl (C=O) groups excluding carboxylic acids is 2. The Balaban J connectivity index is 1.35. The van der Waals surface area contributed by atoms with Crippen molar-refractivity contribution in [1.29, 1.82) is 0 Å². The van der Waals surface area contributed by atoms with Gasteiger partial charge < -0.3 is 16.4 Å². The molecule has 0 saturated heterocycles. The summed E-state index contributed by atoms with van der Waals surface area (Å²) >= 11 is 0. The van der Waals surface area contributed by atoms with E-state index in [1.54, 1.807) is 12.4 Å². The molecule has 0 aliphatic rings. The molecule has 4 N–H and O–H groups in total. The summed E-state index contributed by atoms with van der Waals surface area (Å²) < 4.78 is 0. The smallest absolute Gasteiger partial charge is 0.237 e. The fourth-order valence-corrected chi connectivity index (χ4v) is 4.29. The van der Waals surface area contributed by atoms with Crippen molar-refractivity contribution in [1.82, 2.24) is 20.6 Å². The highest BCUT2D eigenvalue weighted by molar-refractivity contribution is 5.83. The maximum absolute atomic E-state index is 13.0. The van der Waals surface area contributed by atoms with E-state index in [1.807, 2.05) is 97.1 Å². The second kappa shape index (κ2) is 13.8. The molecule has 0 fully saturated rings. The molecule has 2 heterocycles. The van der Waals surface area contributed by atoms with E-state index >= 15 is 0 Å². The Kier molecular flexibility index (Phi) is 9.70. The van der Waals surface area contributed by atoms with Crippen LogP contribution < -0.4 is 16.4 Å². The van der Waals surface area contributed by atoms with Crippen molar-refractivity contribution in [2.45, 2.75) is 43.8 Å². The van der Waals surface area contributed by atoms with Crippen LogP contribution in [-0.2, 0) is 22.4 Å². The highest BCUT2D eigenvalue weighted by Crippen LogP contribution is 2.19. The number of hydrogen-bond acceptors (Lipinski definition) is 5. The van der Waals surface area contributed by atoms with Crippen LogP contribution in [0, 0.1) is 0 Å². The van der Waals surface area contributed by atoms with Crippen molar-refractivity contribution >= 4 is 11.8 Å². The van der Waals surface area contributed by atoms with E-state index in [-0.39, 0.29) is 36.7 Å². The Morgan fingerprint density at radius 2 is 1.13 bits per heavy atom. The lowest BCUT2D eigenvalue weighted by Gasteiger charge is -2.22. The standard InChI is InChI=1S/C31H33N5O2/c32-27(31(38)36-29(24-13-5-2-6-14-24)22-26-16-8-10-20-34-26)17-18-30(37)35-28(23-11-3-1-4-12-23)21-25-15-7-9-19-33-25/h1-16,19-20,27-29H,17-18,21-22,32H2,(H,35,37)(H,36,38)/t27-,28?,29?/m0/s1. The summed E-state index contributed by atoms with van der Waals surface area (Å²) in [5.41, 5.74) is 9.95. The Hall–Kier alpha value is -4.36. The fourth-order valence-electron chi connectivity index (χ4n) is 4.29. The number of nitrogens with zero attached hydrogens (tertiary/aromatic N) is 2. The van der Waals surface area contributed by atoms with Crippen LogP contribution >= 0.6 is 0 Å². The maximum atomic E-state index is 13.0. The molecule has 0 spiro atoms. The average molecular weight is 508 g/mol. The molecule has 38 heavy (non-hydrogen) atoms. The van der Waals surface area contributed by atoms with Gasteiger partial charge in [0.25, 0.3) is 0 Å². The Morgan fingerprint density at radius 3 is 1.61 bits per heavy atom. The lowest BCUT2D eigenvalue weighted by Crippen LogP contribution is -2.43. The van der Waals surface area contributed by atoms with Crippen molar-refractivity contribution in [2.24, 2.45) is 5.73 Å². The van der Waals surface area contributed by atoms with Crippen LogP contribution in [0.15, 0.2) is 109 Å². The van der Waals surface area contributed by atoms with Crippen LogP contribution in [0.3, 0.4) is 0 Å². The third-order valence-electron chi connectivity index (χ3n) is 6.35. The molecule has 7 nitrogen and oxygen atoms in total. The van der Waals surface area contributed by atoms with Crippen LogP contribution in [0.2, 0.25) is 0 Å². The molecule has 2 amide bonds. The van der Waals surface area contributed by atoms with Crippen molar-refractivity contribution in [3.05, 3.63) is 132 Å². The van der Waals surface area contributed by atoms with Crippen LogP contribution in [0.25, 0.3) is 0 Å². The second-order valence-electron chi connectivity index (χ2n) is 9.20. The second-order valence-corrected chi connectivity index (χ2v) is 9.20. The molecular weight excluding hydrogens is 474 g/mol. The molecule has 2 aromatic heterocycles. The monoisotopic (exact) mass is 507 g/mol. The number of hydrogen-bond donors (Lipinski definition) is 3. The Morgan fingerprint density at radius 1 is 0.658 bits per heavy atom. The van der Waals surface area contributed by atoms with E-state index in [2.05, 4.69) is 20.6 Å². The minimum atomic E-state index is -0.818. The number of amides is 2. The number of carbonyl (C=O) groups is 2. The molecular formula is C31H33N5O2. The quantitative estimate of drug-likeness (QED) is 0.268. The summed E-state index contributed by atoms with van der Waals surface area (Å²) in [6, 6.07) is 29.7. The fraction of sp³-hybridized carbons (Fsp3) is 0.226. The normalized spacial score (nSPS) is 13.2. The molecule has 0 aliphatic heterocycles. The van der Waals surface area contributed by atoms with Gasteiger partial charge in [-0.1, -0.05) is 72.8 Å². The third-order valence-corrected chi connectivity index (χ3v) is 6.35. The zero-order valence-electron chi connectivity index (χ0n) is 21.2. The summed E-state index contributed by atoms with van der Waals surface area (Å²) in [7, 11) is 0. The van der Waals surface area contributed by atoms with Gasteiger partial charge in [-0.25, -0.2) is 0 Å². The van der Waals surface area contributed by atoms with E-state index < -0.39 is 6.04 Å². The van der Waals surface area contributed by atoms with Gasteiger partial charge in [-0.15, -0.1) is 0 Å². The Bertz CT molecular complexity index is 1270. The summed E-state index contributed by atoms with van der Waals surface area (Å²) in [6.45, 7) is 0.